The molecule has 3 unspecified atom stereocenters. The second-order valence-electron chi connectivity index (χ2n) is 31.9. The fourth-order valence-corrected chi connectivity index (χ4v) is 16.1. The number of hydrogen-bond donors (Lipinski definition) is 0. The van der Waals surface area contributed by atoms with Gasteiger partial charge in [-0.25, -0.2) is 0 Å². The lowest BCUT2D eigenvalue weighted by atomic mass is 9.35. The Balaban J connectivity index is 1.12. The largest absolute Gasteiger partial charge is 0.497 e. The molecule has 0 aromatic heterocycles. The Hall–Kier alpha value is -7.50. The van der Waals surface area contributed by atoms with Crippen molar-refractivity contribution in [2.45, 2.75) is 182 Å². The zero-order valence-corrected chi connectivity index (χ0v) is 55.5. The molecule has 7 aliphatic rings. The molecule has 14 rings (SSSR count). The van der Waals surface area contributed by atoms with Gasteiger partial charge in [-0.1, -0.05) is 231 Å². The zero-order valence-electron chi connectivity index (χ0n) is 55.5. The Bertz CT molecular complexity index is 4100. The van der Waals surface area contributed by atoms with Crippen LogP contribution in [0.1, 0.15) is 175 Å². The molecule has 7 aromatic carbocycles. The van der Waals surface area contributed by atoms with Crippen LogP contribution in [-0.2, 0) is 31.8 Å². The normalized spacial score (nSPS) is 22.5. The third-order valence-corrected chi connectivity index (χ3v) is 21.9. The molecule has 448 valence electrons. The van der Waals surface area contributed by atoms with Gasteiger partial charge in [0, 0.05) is 39.8 Å². The highest BCUT2D eigenvalue weighted by Gasteiger charge is 2.54. The summed E-state index contributed by atoms with van der Waals surface area (Å²) in [5.74, 6) is 0.233. The van der Waals surface area contributed by atoms with Crippen LogP contribution in [0.15, 0.2) is 199 Å². The molecule has 0 saturated carbocycles. The molecule has 0 amide bonds. The number of ether oxygens (including phenoxy) is 1. The van der Waals surface area contributed by atoms with Crippen LogP contribution in [0.3, 0.4) is 0 Å². The van der Waals surface area contributed by atoms with Gasteiger partial charge in [0.1, 0.15) is 6.10 Å². The van der Waals surface area contributed by atoms with Crippen LogP contribution in [-0.4, -0.2) is 18.9 Å². The summed E-state index contributed by atoms with van der Waals surface area (Å²) >= 11 is 0. The number of rotatable bonds is 7. The van der Waals surface area contributed by atoms with Crippen LogP contribution < -0.4 is 25.6 Å². The van der Waals surface area contributed by atoms with E-state index in [9.17, 15) is 0 Å². The van der Waals surface area contributed by atoms with E-state index in [4.69, 9.17) is 4.74 Å². The van der Waals surface area contributed by atoms with Crippen LogP contribution >= 0.6 is 0 Å². The van der Waals surface area contributed by atoms with Crippen molar-refractivity contribution in [1.29, 1.82) is 0 Å². The molecule has 0 radical (unpaired) electrons. The second-order valence-corrected chi connectivity index (χ2v) is 31.9. The Kier molecular flexibility index (Phi) is 13.6. The lowest BCUT2D eigenvalue weighted by Crippen LogP contribution is -2.57. The first-order chi connectivity index (χ1) is 41.7. The molecule has 0 spiro atoms. The van der Waals surface area contributed by atoms with Gasteiger partial charge in [0.2, 0.25) is 0 Å². The number of hydrogen-bond acceptors (Lipinski definition) is 4. The van der Waals surface area contributed by atoms with E-state index in [2.05, 4.69) is 308 Å². The average Bonchev–Trinajstić information content (AvgIpc) is 1.25. The van der Waals surface area contributed by atoms with Crippen molar-refractivity contribution in [3.63, 3.8) is 0 Å². The van der Waals surface area contributed by atoms with E-state index in [1.165, 1.54) is 118 Å². The van der Waals surface area contributed by atoms with E-state index in [0.29, 0.717) is 0 Å². The molecular formula is C83H92BN3O. The average molecular weight is 1160 g/mol. The highest BCUT2D eigenvalue weighted by Crippen LogP contribution is 2.57. The van der Waals surface area contributed by atoms with Crippen molar-refractivity contribution in [2.24, 2.45) is 17.3 Å². The predicted octanol–water partition coefficient (Wildman–Crippen LogP) is 20.7. The monoisotopic (exact) mass is 1160 g/mol. The minimum absolute atomic E-state index is 0.00758. The Labute approximate surface area is 527 Å². The van der Waals surface area contributed by atoms with E-state index in [1.807, 2.05) is 0 Å². The van der Waals surface area contributed by atoms with Crippen molar-refractivity contribution in [3.05, 3.63) is 238 Å². The quantitative estimate of drug-likeness (QED) is 0.148. The molecule has 4 aliphatic carbocycles. The number of fused-ring (bicyclic) bond motifs is 7. The third kappa shape index (κ3) is 9.61. The SMILES string of the molecule is Cc1cc2c(cc1N1c3cc4c(cc3B3C5=C(C6C=C(C(C)(C)C)C=CC6O5)N(c5ccc(C(C)(C)C)cc5)c5cc(N(c6ccc(-c7ccccc7)cc6)C6C=CC(c7ccccc7)=CC[C@H]6C)cc1c53)C(C)(C)CCC4(C)C)C(C)(C)CCC2(C)C. The summed E-state index contributed by atoms with van der Waals surface area (Å²) in [6.45, 7) is 38.7. The standard InChI is InChI=1S/C83H92BN3O/c1-52-27-28-56(54-23-19-17-20-24-54)31-39-69(52)85(60-35-29-57(30-36-60)55-25-21-18-22-26-55)62-47-72-75-73(48-62)87(70-50-66-64(45-53(70)2)80(9,10)41-43-82(66,13)14)71-51-67-65(81(11,12)42-44-83(67,15)16)49-68(71)84(75)77-76(63-46-59(79(6,7)8)34-40-74(63)88-77)86(72)61-37-32-58(33-38-61)78(3,4)5/h17-26,28-40,45-52,63,69,74H,27,41-44H2,1-16H3/t52-,63?,69?,74?/m1/s1. The summed E-state index contributed by atoms with van der Waals surface area (Å²) in [6, 6.07) is 56.7. The lowest BCUT2D eigenvalue weighted by molar-refractivity contribution is 0.179. The van der Waals surface area contributed by atoms with Gasteiger partial charge < -0.3 is 19.4 Å². The molecule has 0 fully saturated rings. The molecule has 0 bridgehead atoms. The highest BCUT2D eigenvalue weighted by molar-refractivity contribution is 6.95. The van der Waals surface area contributed by atoms with Gasteiger partial charge in [0.25, 0.3) is 6.71 Å². The fourth-order valence-electron chi connectivity index (χ4n) is 16.1. The number of aryl methyl sites for hydroxylation is 1. The Morgan fingerprint density at radius 1 is 0.534 bits per heavy atom. The summed E-state index contributed by atoms with van der Waals surface area (Å²) in [7, 11) is 0. The number of anilines is 7. The molecule has 4 atom stereocenters. The predicted molar refractivity (Wildman–Crippen MR) is 376 cm³/mol. The van der Waals surface area contributed by atoms with Crippen molar-refractivity contribution in [2.75, 3.05) is 14.7 Å². The molecule has 4 nitrogen and oxygen atoms in total. The third-order valence-electron chi connectivity index (χ3n) is 21.9. The Morgan fingerprint density at radius 3 is 1.67 bits per heavy atom. The molecule has 88 heavy (non-hydrogen) atoms. The smallest absolute Gasteiger partial charge is 0.296 e. The highest BCUT2D eigenvalue weighted by atomic mass is 16.5. The van der Waals surface area contributed by atoms with Gasteiger partial charge in [-0.15, -0.1) is 0 Å². The Morgan fingerprint density at radius 2 is 1.08 bits per heavy atom. The first-order valence-corrected chi connectivity index (χ1v) is 33.1. The molecule has 0 saturated heterocycles. The maximum absolute atomic E-state index is 7.82. The van der Waals surface area contributed by atoms with Crippen LogP contribution in [0.5, 0.6) is 0 Å². The first kappa shape index (κ1) is 58.2. The minimum Gasteiger partial charge on any atom is -0.497 e. The van der Waals surface area contributed by atoms with Gasteiger partial charge in [0.05, 0.1) is 23.3 Å². The second kappa shape index (κ2) is 20.5. The van der Waals surface area contributed by atoms with Gasteiger partial charge >= 0.3 is 0 Å². The maximum Gasteiger partial charge on any atom is 0.296 e. The van der Waals surface area contributed by atoms with Gasteiger partial charge in [-0.2, -0.15) is 0 Å². The van der Waals surface area contributed by atoms with Crippen LogP contribution in [0.4, 0.5) is 39.8 Å². The van der Waals surface area contributed by atoms with E-state index in [1.54, 1.807) is 0 Å². The number of benzene rings is 7. The van der Waals surface area contributed by atoms with Crippen LogP contribution in [0.25, 0.3) is 16.7 Å². The fraction of sp³-hybridized carbons (Fsp3) is 0.373. The maximum atomic E-state index is 7.82. The van der Waals surface area contributed by atoms with Crippen LogP contribution in [0, 0.1) is 24.2 Å². The topological polar surface area (TPSA) is 19.0 Å². The van der Waals surface area contributed by atoms with Gasteiger partial charge in [0.15, 0.2) is 0 Å². The number of nitrogens with zero attached hydrogens (tertiary/aromatic N) is 3. The molecule has 7 aromatic rings. The lowest BCUT2D eigenvalue weighted by Gasteiger charge is -2.48. The van der Waals surface area contributed by atoms with Crippen molar-refractivity contribution in [1.82, 2.24) is 0 Å². The van der Waals surface area contributed by atoms with Crippen molar-refractivity contribution in [3.8, 4) is 11.1 Å². The summed E-state index contributed by atoms with van der Waals surface area (Å²) in [5.41, 5.74) is 28.2. The van der Waals surface area contributed by atoms with E-state index >= 15 is 0 Å². The zero-order chi connectivity index (χ0) is 61.8. The summed E-state index contributed by atoms with van der Waals surface area (Å²) in [6.07, 6.45) is 20.1. The molecule has 3 aliphatic heterocycles. The molecule has 3 heterocycles. The molecule has 5 heteroatoms. The van der Waals surface area contributed by atoms with E-state index in [-0.39, 0.29) is 63.2 Å². The van der Waals surface area contributed by atoms with Gasteiger partial charge in [-0.05, 0) is 204 Å². The first-order valence-electron chi connectivity index (χ1n) is 33.1. The molecular weight excluding hydrogens is 1070 g/mol. The molecule has 0 N–H and O–H groups in total. The number of allylic oxidation sites excluding steroid dienone is 5. The summed E-state index contributed by atoms with van der Waals surface area (Å²) < 4.78 is 7.82. The minimum atomic E-state index is -0.178. The van der Waals surface area contributed by atoms with Crippen LogP contribution in [0.2, 0.25) is 0 Å². The summed E-state index contributed by atoms with van der Waals surface area (Å²) in [5, 5.41) is 0. The van der Waals surface area contributed by atoms with Gasteiger partial charge in [-0.3, -0.25) is 0 Å². The van der Waals surface area contributed by atoms with Crippen molar-refractivity contribution >= 4 is 63.0 Å². The van der Waals surface area contributed by atoms with E-state index in [0.717, 1.165) is 37.0 Å². The summed E-state index contributed by atoms with van der Waals surface area (Å²) in [4.78, 5) is 8.16. The van der Waals surface area contributed by atoms with Crippen molar-refractivity contribution < 1.29 is 4.74 Å². The van der Waals surface area contributed by atoms with E-state index < -0.39 is 0 Å².